The fourth-order valence-corrected chi connectivity index (χ4v) is 4.43. The van der Waals surface area contributed by atoms with Crippen LogP contribution in [0, 0.1) is 5.92 Å². The molecule has 0 radical (unpaired) electrons. The van der Waals surface area contributed by atoms with E-state index in [9.17, 15) is 8.42 Å². The standard InChI is InChI=1S/C12H18N2O2S2/c13-11-3-1-2-4-12(11)18(15,16)14-9-10-5-7-17-8-6-10/h1-4,10,14H,5-9,13H2. The van der Waals surface area contributed by atoms with Gasteiger partial charge in [0.2, 0.25) is 10.0 Å². The first-order valence-electron chi connectivity index (χ1n) is 6.01. The van der Waals surface area contributed by atoms with Crippen molar-refractivity contribution < 1.29 is 8.42 Å². The second kappa shape index (κ2) is 5.95. The van der Waals surface area contributed by atoms with Crippen molar-refractivity contribution in [2.24, 2.45) is 5.92 Å². The summed E-state index contributed by atoms with van der Waals surface area (Å²) in [5.74, 6) is 2.70. The Bertz CT molecular complexity index is 497. The van der Waals surface area contributed by atoms with Crippen molar-refractivity contribution in [1.82, 2.24) is 4.72 Å². The lowest BCUT2D eigenvalue weighted by atomic mass is 10.0. The number of nitrogens with two attached hydrogens (primary N) is 1. The van der Waals surface area contributed by atoms with E-state index in [1.165, 1.54) is 6.07 Å². The Hall–Kier alpha value is -0.720. The largest absolute Gasteiger partial charge is 0.398 e. The van der Waals surface area contributed by atoms with E-state index in [2.05, 4.69) is 4.72 Å². The minimum atomic E-state index is -3.47. The average Bonchev–Trinajstić information content (AvgIpc) is 2.38. The van der Waals surface area contributed by atoms with Crippen LogP contribution in [-0.4, -0.2) is 26.5 Å². The summed E-state index contributed by atoms with van der Waals surface area (Å²) in [5, 5.41) is 0. The zero-order valence-corrected chi connectivity index (χ0v) is 11.8. The third-order valence-corrected chi connectivity index (χ3v) is 5.66. The van der Waals surface area contributed by atoms with Gasteiger partial charge in [0.15, 0.2) is 0 Å². The van der Waals surface area contributed by atoms with Crippen LogP contribution in [0.4, 0.5) is 5.69 Å². The van der Waals surface area contributed by atoms with Crippen LogP contribution in [0.1, 0.15) is 12.8 Å². The van der Waals surface area contributed by atoms with E-state index in [0.29, 0.717) is 18.2 Å². The number of rotatable bonds is 4. The van der Waals surface area contributed by atoms with Gasteiger partial charge in [-0.3, -0.25) is 0 Å². The van der Waals surface area contributed by atoms with Crippen molar-refractivity contribution in [3.05, 3.63) is 24.3 Å². The van der Waals surface area contributed by atoms with Gasteiger partial charge in [0.05, 0.1) is 5.69 Å². The van der Waals surface area contributed by atoms with Crippen molar-refractivity contribution in [2.45, 2.75) is 17.7 Å². The molecule has 0 aromatic heterocycles. The molecule has 0 bridgehead atoms. The normalized spacial score (nSPS) is 17.8. The van der Waals surface area contributed by atoms with Gasteiger partial charge in [-0.05, 0) is 42.4 Å². The molecule has 0 spiro atoms. The summed E-state index contributed by atoms with van der Waals surface area (Å²) in [6.07, 6.45) is 2.16. The number of anilines is 1. The Kier molecular flexibility index (Phi) is 4.53. The van der Waals surface area contributed by atoms with Gasteiger partial charge in [-0.15, -0.1) is 0 Å². The Morgan fingerprint density at radius 3 is 2.61 bits per heavy atom. The summed E-state index contributed by atoms with van der Waals surface area (Å²) in [6, 6.07) is 6.55. The van der Waals surface area contributed by atoms with E-state index in [0.717, 1.165) is 24.3 Å². The van der Waals surface area contributed by atoms with Gasteiger partial charge in [-0.2, -0.15) is 11.8 Å². The molecular weight excluding hydrogens is 268 g/mol. The molecule has 1 saturated heterocycles. The lowest BCUT2D eigenvalue weighted by Crippen LogP contribution is -2.31. The third-order valence-electron chi connectivity index (χ3n) is 3.11. The van der Waals surface area contributed by atoms with E-state index in [4.69, 9.17) is 5.73 Å². The Balaban J connectivity index is 2.01. The minimum absolute atomic E-state index is 0.176. The number of sulfonamides is 1. The van der Waals surface area contributed by atoms with Gasteiger partial charge in [0, 0.05) is 6.54 Å². The predicted octanol–water partition coefficient (Wildman–Crippen LogP) is 1.69. The first kappa shape index (κ1) is 13.7. The summed E-state index contributed by atoms with van der Waals surface area (Å²) in [4.78, 5) is 0.176. The molecule has 0 unspecified atom stereocenters. The number of hydrogen-bond acceptors (Lipinski definition) is 4. The fraction of sp³-hybridized carbons (Fsp3) is 0.500. The van der Waals surface area contributed by atoms with Gasteiger partial charge in [-0.1, -0.05) is 12.1 Å². The third kappa shape index (κ3) is 3.40. The molecule has 2 rings (SSSR count). The van der Waals surface area contributed by atoms with Crippen LogP contribution in [0.3, 0.4) is 0 Å². The molecule has 100 valence electrons. The lowest BCUT2D eigenvalue weighted by molar-refractivity contribution is 0.477. The Morgan fingerprint density at radius 2 is 1.94 bits per heavy atom. The van der Waals surface area contributed by atoms with E-state index < -0.39 is 10.0 Å². The number of benzene rings is 1. The molecule has 1 aliphatic rings. The van der Waals surface area contributed by atoms with Crippen LogP contribution in [0.2, 0.25) is 0 Å². The molecule has 1 fully saturated rings. The van der Waals surface area contributed by atoms with Crippen molar-refractivity contribution in [3.8, 4) is 0 Å². The highest BCUT2D eigenvalue weighted by Gasteiger charge is 2.20. The quantitative estimate of drug-likeness (QED) is 0.826. The molecular formula is C12H18N2O2S2. The summed E-state index contributed by atoms with van der Waals surface area (Å²) in [7, 11) is -3.47. The summed E-state index contributed by atoms with van der Waals surface area (Å²) < 4.78 is 26.9. The fourth-order valence-electron chi connectivity index (χ4n) is 1.98. The smallest absolute Gasteiger partial charge is 0.242 e. The van der Waals surface area contributed by atoms with Crippen molar-refractivity contribution in [3.63, 3.8) is 0 Å². The average molecular weight is 286 g/mol. The maximum absolute atomic E-state index is 12.1. The van der Waals surface area contributed by atoms with Crippen LogP contribution in [0.15, 0.2) is 29.2 Å². The monoisotopic (exact) mass is 286 g/mol. The van der Waals surface area contributed by atoms with Crippen LogP contribution in [0.5, 0.6) is 0 Å². The zero-order valence-electron chi connectivity index (χ0n) is 10.1. The molecule has 3 N–H and O–H groups in total. The second-order valence-corrected chi connectivity index (χ2v) is 7.41. The SMILES string of the molecule is Nc1ccccc1S(=O)(=O)NCC1CCSCC1. The number of thioether (sulfide) groups is 1. The number of nitrogen functional groups attached to an aromatic ring is 1. The Morgan fingerprint density at radius 1 is 1.28 bits per heavy atom. The molecule has 1 aromatic carbocycles. The predicted molar refractivity (Wildman–Crippen MR) is 76.1 cm³/mol. The van der Waals surface area contributed by atoms with E-state index in [-0.39, 0.29) is 4.90 Å². The van der Waals surface area contributed by atoms with Crippen molar-refractivity contribution >= 4 is 27.5 Å². The van der Waals surface area contributed by atoms with E-state index >= 15 is 0 Å². The first-order chi connectivity index (χ1) is 8.59. The van der Waals surface area contributed by atoms with Gasteiger partial charge >= 0.3 is 0 Å². The molecule has 1 aliphatic heterocycles. The molecule has 1 heterocycles. The summed E-state index contributed by atoms with van der Waals surface area (Å²) in [6.45, 7) is 0.511. The van der Waals surface area contributed by atoms with Crippen molar-refractivity contribution in [1.29, 1.82) is 0 Å². The van der Waals surface area contributed by atoms with E-state index in [1.54, 1.807) is 18.2 Å². The first-order valence-corrected chi connectivity index (χ1v) is 8.65. The number of nitrogens with one attached hydrogen (secondary N) is 1. The molecule has 1 aromatic rings. The van der Waals surface area contributed by atoms with Gasteiger partial charge in [0.1, 0.15) is 4.90 Å². The molecule has 0 amide bonds. The topological polar surface area (TPSA) is 72.2 Å². The molecule has 6 heteroatoms. The maximum Gasteiger partial charge on any atom is 0.242 e. The number of para-hydroxylation sites is 1. The van der Waals surface area contributed by atoms with Crippen LogP contribution >= 0.6 is 11.8 Å². The van der Waals surface area contributed by atoms with Gasteiger partial charge < -0.3 is 5.73 Å². The highest BCUT2D eigenvalue weighted by molar-refractivity contribution is 7.99. The molecule has 0 saturated carbocycles. The molecule has 0 atom stereocenters. The van der Waals surface area contributed by atoms with E-state index in [1.807, 2.05) is 11.8 Å². The van der Waals surface area contributed by atoms with Gasteiger partial charge in [0.25, 0.3) is 0 Å². The number of hydrogen-bond donors (Lipinski definition) is 2. The van der Waals surface area contributed by atoms with Crippen LogP contribution in [0.25, 0.3) is 0 Å². The van der Waals surface area contributed by atoms with Crippen LogP contribution < -0.4 is 10.5 Å². The highest BCUT2D eigenvalue weighted by atomic mass is 32.2. The summed E-state index contributed by atoms with van der Waals surface area (Å²) >= 11 is 1.93. The molecule has 0 aliphatic carbocycles. The zero-order chi connectivity index (χ0) is 13.0. The van der Waals surface area contributed by atoms with Crippen LogP contribution in [-0.2, 0) is 10.0 Å². The Labute approximate surface area is 112 Å². The van der Waals surface area contributed by atoms with Crippen molar-refractivity contribution in [2.75, 3.05) is 23.8 Å². The summed E-state index contributed by atoms with van der Waals surface area (Å²) in [5.41, 5.74) is 5.99. The second-order valence-electron chi connectivity index (χ2n) is 4.45. The molecule has 18 heavy (non-hydrogen) atoms. The molecule has 4 nitrogen and oxygen atoms in total. The highest BCUT2D eigenvalue weighted by Crippen LogP contribution is 2.23. The van der Waals surface area contributed by atoms with Gasteiger partial charge in [-0.25, -0.2) is 13.1 Å². The lowest BCUT2D eigenvalue weighted by Gasteiger charge is -2.21. The minimum Gasteiger partial charge on any atom is -0.398 e. The maximum atomic E-state index is 12.1.